The van der Waals surface area contributed by atoms with Crippen LogP contribution in [0.4, 0.5) is 0 Å². The first-order valence-corrected chi connectivity index (χ1v) is 7.22. The van der Waals surface area contributed by atoms with Crippen LogP contribution >= 0.6 is 0 Å². The normalized spacial score (nSPS) is 17.6. The van der Waals surface area contributed by atoms with Gasteiger partial charge in [-0.2, -0.15) is 0 Å². The van der Waals surface area contributed by atoms with Gasteiger partial charge in [-0.1, -0.05) is 13.3 Å². The van der Waals surface area contributed by atoms with Gasteiger partial charge >= 0.3 is 0 Å². The molecule has 1 N–H and O–H groups in total. The average Bonchev–Trinajstić information content (AvgIpc) is 3.13. The van der Waals surface area contributed by atoms with E-state index in [1.807, 2.05) is 0 Å². The van der Waals surface area contributed by atoms with E-state index in [0.717, 1.165) is 38.8 Å². The minimum Gasteiger partial charge on any atom is -0.380 e. The maximum Gasteiger partial charge on any atom is 0.0593 e. The van der Waals surface area contributed by atoms with Gasteiger partial charge < -0.3 is 15.0 Å². The molecule has 0 radical (unpaired) electrons. The Morgan fingerprint density at radius 2 is 2.18 bits per heavy atom. The molecule has 1 atom stereocenters. The molecule has 0 aromatic heterocycles. The molecule has 0 aromatic rings. The Morgan fingerprint density at radius 1 is 1.41 bits per heavy atom. The quantitative estimate of drug-likeness (QED) is 0.562. The summed E-state index contributed by atoms with van der Waals surface area (Å²) in [6.07, 6.45) is 5.31. The van der Waals surface area contributed by atoms with E-state index in [-0.39, 0.29) is 0 Å². The first kappa shape index (κ1) is 14.9. The lowest BCUT2D eigenvalue weighted by molar-refractivity contribution is 0.0935. The molecule has 1 aliphatic carbocycles. The van der Waals surface area contributed by atoms with Gasteiger partial charge in [0.15, 0.2) is 0 Å². The summed E-state index contributed by atoms with van der Waals surface area (Å²) in [6, 6.07) is 0.594. The van der Waals surface area contributed by atoms with E-state index >= 15 is 0 Å². The van der Waals surface area contributed by atoms with Gasteiger partial charge in [0.05, 0.1) is 6.61 Å². The summed E-state index contributed by atoms with van der Waals surface area (Å²) in [4.78, 5) is 2.38. The zero-order chi connectivity index (χ0) is 12.5. The first-order valence-electron chi connectivity index (χ1n) is 7.22. The molecule has 3 nitrogen and oxygen atoms in total. The van der Waals surface area contributed by atoms with Crippen molar-refractivity contribution in [1.29, 1.82) is 0 Å². The largest absolute Gasteiger partial charge is 0.380 e. The van der Waals surface area contributed by atoms with Crippen LogP contribution in [0.15, 0.2) is 0 Å². The second kappa shape index (κ2) is 8.90. The van der Waals surface area contributed by atoms with Crippen LogP contribution in [0.5, 0.6) is 0 Å². The van der Waals surface area contributed by atoms with Crippen molar-refractivity contribution < 1.29 is 4.74 Å². The fourth-order valence-electron chi connectivity index (χ4n) is 1.73. The molecule has 0 aliphatic heterocycles. The van der Waals surface area contributed by atoms with Crippen LogP contribution in [0.25, 0.3) is 0 Å². The van der Waals surface area contributed by atoms with Gasteiger partial charge in [0, 0.05) is 25.7 Å². The van der Waals surface area contributed by atoms with Crippen molar-refractivity contribution in [1.82, 2.24) is 10.2 Å². The van der Waals surface area contributed by atoms with Gasteiger partial charge in [0.2, 0.25) is 0 Å². The third-order valence-electron chi connectivity index (χ3n) is 3.54. The predicted molar refractivity (Wildman–Crippen MR) is 73.4 cm³/mol. The summed E-state index contributed by atoms with van der Waals surface area (Å²) < 4.78 is 5.66. The number of unbranched alkanes of at least 4 members (excludes halogenated alkanes) is 1. The number of hydrogen-bond donors (Lipinski definition) is 1. The zero-order valence-corrected chi connectivity index (χ0v) is 11.9. The molecule has 0 heterocycles. The van der Waals surface area contributed by atoms with E-state index in [1.54, 1.807) is 0 Å². The summed E-state index contributed by atoms with van der Waals surface area (Å²) in [5.74, 6) is 0.883. The van der Waals surface area contributed by atoms with Crippen molar-refractivity contribution in [3.63, 3.8) is 0 Å². The van der Waals surface area contributed by atoms with Gasteiger partial charge in [0.25, 0.3) is 0 Å². The second-order valence-electron chi connectivity index (χ2n) is 5.41. The number of rotatable bonds is 11. The van der Waals surface area contributed by atoms with Gasteiger partial charge in [-0.15, -0.1) is 0 Å². The number of nitrogens with zero attached hydrogens (tertiary/aromatic N) is 1. The van der Waals surface area contributed by atoms with Crippen molar-refractivity contribution in [3.8, 4) is 0 Å². The molecule has 0 bridgehead atoms. The molecule has 0 aromatic carbocycles. The van der Waals surface area contributed by atoms with Crippen LogP contribution in [0.3, 0.4) is 0 Å². The zero-order valence-electron chi connectivity index (χ0n) is 11.9. The van der Waals surface area contributed by atoms with Crippen molar-refractivity contribution in [3.05, 3.63) is 0 Å². The number of hydrogen-bond acceptors (Lipinski definition) is 3. The Bertz CT molecular complexity index is 183. The summed E-state index contributed by atoms with van der Waals surface area (Å²) in [7, 11) is 2.19. The average molecular weight is 242 g/mol. The van der Waals surface area contributed by atoms with Gasteiger partial charge in [-0.25, -0.2) is 0 Å². The molecule has 102 valence electrons. The molecule has 0 saturated heterocycles. The molecule has 1 aliphatic rings. The van der Waals surface area contributed by atoms with Crippen molar-refractivity contribution in [2.75, 3.05) is 39.9 Å². The second-order valence-corrected chi connectivity index (χ2v) is 5.41. The fourth-order valence-corrected chi connectivity index (χ4v) is 1.73. The Hall–Kier alpha value is -0.120. The molecule has 0 spiro atoms. The Balaban J connectivity index is 1.90. The van der Waals surface area contributed by atoms with Crippen LogP contribution in [-0.2, 0) is 4.74 Å². The minimum absolute atomic E-state index is 0.594. The van der Waals surface area contributed by atoms with E-state index in [2.05, 4.69) is 31.1 Å². The third kappa shape index (κ3) is 7.74. The van der Waals surface area contributed by atoms with Gasteiger partial charge in [-0.3, -0.25) is 0 Å². The highest BCUT2D eigenvalue weighted by atomic mass is 16.5. The Kier molecular flexibility index (Phi) is 7.82. The molecule has 1 fully saturated rings. The van der Waals surface area contributed by atoms with Gasteiger partial charge in [-0.05, 0) is 45.7 Å². The lowest BCUT2D eigenvalue weighted by Gasteiger charge is -2.24. The highest BCUT2D eigenvalue weighted by Crippen LogP contribution is 2.28. The van der Waals surface area contributed by atoms with Gasteiger partial charge in [0.1, 0.15) is 0 Å². The monoisotopic (exact) mass is 242 g/mol. The molecule has 3 heteroatoms. The van der Waals surface area contributed by atoms with Crippen molar-refractivity contribution >= 4 is 0 Å². The SMILES string of the molecule is CCCCNCC(C)N(C)CCOCC1CC1. The standard InChI is InChI=1S/C14H30N2O/c1-4-5-8-15-11-13(2)16(3)9-10-17-12-14-6-7-14/h13-15H,4-12H2,1-3H3. The molecular formula is C14H30N2O. The van der Waals surface area contributed by atoms with Crippen LogP contribution in [-0.4, -0.2) is 50.8 Å². The topological polar surface area (TPSA) is 24.5 Å². The van der Waals surface area contributed by atoms with Crippen LogP contribution in [0.2, 0.25) is 0 Å². The third-order valence-corrected chi connectivity index (χ3v) is 3.54. The van der Waals surface area contributed by atoms with E-state index in [9.17, 15) is 0 Å². The molecule has 1 rings (SSSR count). The molecule has 1 saturated carbocycles. The van der Waals surface area contributed by atoms with E-state index < -0.39 is 0 Å². The molecule has 1 unspecified atom stereocenters. The summed E-state index contributed by atoms with van der Waals surface area (Å²) in [5, 5.41) is 3.50. The van der Waals surface area contributed by atoms with Crippen molar-refractivity contribution in [2.24, 2.45) is 5.92 Å². The number of ether oxygens (including phenoxy) is 1. The molecule has 0 amide bonds. The summed E-state index contributed by atoms with van der Waals surface area (Å²) in [5.41, 5.74) is 0. The maximum atomic E-state index is 5.66. The van der Waals surface area contributed by atoms with Crippen molar-refractivity contribution in [2.45, 2.75) is 45.6 Å². The number of likely N-dealkylation sites (N-methyl/N-ethyl adjacent to an activating group) is 1. The highest BCUT2D eigenvalue weighted by molar-refractivity contribution is 4.72. The van der Waals surface area contributed by atoms with E-state index in [4.69, 9.17) is 4.74 Å². The van der Waals surface area contributed by atoms with Crippen LogP contribution < -0.4 is 5.32 Å². The molecular weight excluding hydrogens is 212 g/mol. The molecule has 17 heavy (non-hydrogen) atoms. The Labute approximate surface area is 107 Å². The Morgan fingerprint density at radius 3 is 2.82 bits per heavy atom. The highest BCUT2D eigenvalue weighted by Gasteiger charge is 2.21. The first-order chi connectivity index (χ1) is 8.24. The lowest BCUT2D eigenvalue weighted by atomic mass is 10.3. The number of nitrogens with one attached hydrogen (secondary N) is 1. The van der Waals surface area contributed by atoms with E-state index in [0.29, 0.717) is 6.04 Å². The minimum atomic E-state index is 0.594. The summed E-state index contributed by atoms with van der Waals surface area (Å²) >= 11 is 0. The van der Waals surface area contributed by atoms with E-state index in [1.165, 1.54) is 25.7 Å². The van der Waals surface area contributed by atoms with Crippen LogP contribution in [0, 0.1) is 5.92 Å². The smallest absolute Gasteiger partial charge is 0.0593 e. The summed E-state index contributed by atoms with van der Waals surface area (Å²) in [6.45, 7) is 9.65. The maximum absolute atomic E-state index is 5.66. The van der Waals surface area contributed by atoms with Crippen LogP contribution in [0.1, 0.15) is 39.5 Å². The lowest BCUT2D eigenvalue weighted by Crippen LogP contribution is -2.39. The fraction of sp³-hybridized carbons (Fsp3) is 1.00. The predicted octanol–water partition coefficient (Wildman–Crippen LogP) is 2.12.